The minimum Gasteiger partial charge on any atom is -0.452 e. The van der Waals surface area contributed by atoms with E-state index in [2.05, 4.69) is 24.5 Å². The van der Waals surface area contributed by atoms with Crippen LogP contribution < -0.4 is 10.6 Å². The van der Waals surface area contributed by atoms with Crippen molar-refractivity contribution in [2.45, 2.75) is 71.8 Å². The second-order valence-corrected chi connectivity index (χ2v) is 9.22. The van der Waals surface area contributed by atoms with Gasteiger partial charge in [0.2, 0.25) is 5.91 Å². The number of hydrogen-bond acceptors (Lipinski definition) is 5. The third kappa shape index (κ3) is 4.74. The van der Waals surface area contributed by atoms with Gasteiger partial charge >= 0.3 is 5.97 Å². The third-order valence-corrected chi connectivity index (χ3v) is 7.26. The third-order valence-electron chi connectivity index (χ3n) is 6.05. The minimum absolute atomic E-state index is 0.138. The molecule has 2 N–H and O–H groups in total. The monoisotopic (exact) mass is 406 g/mol. The number of aryl methyl sites for hydroxylation is 1. The number of nitrogens with one attached hydrogen (secondary N) is 2. The molecule has 1 aromatic rings. The standard InChI is InChI=1S/C21H30N2O4S/c1-12-7-6-9-16(13(12)2)23-18(25)11-27-21(26)19-15-8-4-5-10-17(15)28-20(19)22-14(3)24/h12-13,16H,4-11H2,1-3H3,(H,22,24)(H,23,25). The average Bonchev–Trinajstić information content (AvgIpc) is 3.00. The Bertz CT molecular complexity index is 758. The molecule has 1 saturated carbocycles. The van der Waals surface area contributed by atoms with Crippen molar-refractivity contribution in [2.75, 3.05) is 11.9 Å². The molecule has 2 aliphatic carbocycles. The number of amides is 2. The van der Waals surface area contributed by atoms with E-state index in [9.17, 15) is 14.4 Å². The summed E-state index contributed by atoms with van der Waals surface area (Å²) in [5.74, 6) is 0.00133. The van der Waals surface area contributed by atoms with Gasteiger partial charge < -0.3 is 15.4 Å². The molecule has 0 aliphatic heterocycles. The van der Waals surface area contributed by atoms with Crippen molar-refractivity contribution in [1.29, 1.82) is 0 Å². The molecule has 1 aromatic heterocycles. The lowest BCUT2D eigenvalue weighted by molar-refractivity contribution is -0.125. The number of esters is 1. The number of rotatable bonds is 5. The van der Waals surface area contributed by atoms with Crippen molar-refractivity contribution in [1.82, 2.24) is 5.32 Å². The molecule has 0 aromatic carbocycles. The van der Waals surface area contributed by atoms with Crippen molar-refractivity contribution in [3.8, 4) is 0 Å². The quantitative estimate of drug-likeness (QED) is 0.731. The summed E-state index contributed by atoms with van der Waals surface area (Å²) in [6, 6.07) is 0.138. The number of ether oxygens (including phenoxy) is 1. The van der Waals surface area contributed by atoms with Crippen LogP contribution in [0.15, 0.2) is 0 Å². The summed E-state index contributed by atoms with van der Waals surface area (Å²) in [7, 11) is 0. The summed E-state index contributed by atoms with van der Waals surface area (Å²) >= 11 is 1.45. The summed E-state index contributed by atoms with van der Waals surface area (Å²) in [5.41, 5.74) is 1.41. The van der Waals surface area contributed by atoms with Crippen LogP contribution in [0.4, 0.5) is 5.00 Å². The van der Waals surface area contributed by atoms with Crippen molar-refractivity contribution in [3.63, 3.8) is 0 Å². The fourth-order valence-electron chi connectivity index (χ4n) is 4.27. The first-order chi connectivity index (χ1) is 13.4. The van der Waals surface area contributed by atoms with Gasteiger partial charge in [0, 0.05) is 17.8 Å². The first kappa shape index (κ1) is 20.8. The van der Waals surface area contributed by atoms with Crippen LogP contribution in [0.3, 0.4) is 0 Å². The molecule has 154 valence electrons. The van der Waals surface area contributed by atoms with Gasteiger partial charge in [-0.25, -0.2) is 4.79 Å². The van der Waals surface area contributed by atoms with Gasteiger partial charge in [0.25, 0.3) is 5.91 Å². The van der Waals surface area contributed by atoms with Gasteiger partial charge in [-0.1, -0.05) is 26.7 Å². The fraction of sp³-hybridized carbons (Fsp3) is 0.667. The van der Waals surface area contributed by atoms with Gasteiger partial charge in [-0.3, -0.25) is 9.59 Å². The van der Waals surface area contributed by atoms with E-state index in [0.29, 0.717) is 22.4 Å². The van der Waals surface area contributed by atoms with E-state index in [1.54, 1.807) is 0 Å². The molecule has 6 nitrogen and oxygen atoms in total. The molecule has 0 spiro atoms. The summed E-state index contributed by atoms with van der Waals surface area (Å²) in [5, 5.41) is 6.32. The van der Waals surface area contributed by atoms with E-state index in [-0.39, 0.29) is 24.5 Å². The molecule has 3 rings (SSSR count). The summed E-state index contributed by atoms with van der Waals surface area (Å²) in [4.78, 5) is 37.7. The van der Waals surface area contributed by atoms with Crippen LogP contribution in [0, 0.1) is 11.8 Å². The zero-order valence-corrected chi connectivity index (χ0v) is 17.7. The van der Waals surface area contributed by atoms with E-state index in [4.69, 9.17) is 4.74 Å². The lowest BCUT2D eigenvalue weighted by atomic mass is 9.78. The fourth-order valence-corrected chi connectivity index (χ4v) is 5.59. The second-order valence-electron chi connectivity index (χ2n) is 8.11. The number of fused-ring (bicyclic) bond motifs is 1. The Labute approximate surface area is 170 Å². The van der Waals surface area contributed by atoms with Gasteiger partial charge in [-0.15, -0.1) is 11.3 Å². The summed E-state index contributed by atoms with van der Waals surface area (Å²) in [6.45, 7) is 5.51. The topological polar surface area (TPSA) is 84.5 Å². The largest absolute Gasteiger partial charge is 0.452 e. The highest BCUT2D eigenvalue weighted by molar-refractivity contribution is 7.17. The Hall–Kier alpha value is -1.89. The van der Waals surface area contributed by atoms with Crippen LogP contribution in [0.5, 0.6) is 0 Å². The highest BCUT2D eigenvalue weighted by Crippen LogP contribution is 2.38. The van der Waals surface area contributed by atoms with Crippen LogP contribution in [0.2, 0.25) is 0 Å². The van der Waals surface area contributed by atoms with Crippen molar-refractivity contribution in [2.24, 2.45) is 11.8 Å². The van der Waals surface area contributed by atoms with E-state index < -0.39 is 5.97 Å². The minimum atomic E-state index is -0.525. The molecule has 2 aliphatic rings. The second kappa shape index (κ2) is 9.07. The predicted molar refractivity (Wildman–Crippen MR) is 110 cm³/mol. The lowest BCUT2D eigenvalue weighted by Gasteiger charge is -2.34. The molecule has 0 radical (unpaired) electrons. The van der Waals surface area contributed by atoms with Gasteiger partial charge in [0.05, 0.1) is 5.56 Å². The Morgan fingerprint density at radius 2 is 1.86 bits per heavy atom. The molecule has 3 atom stereocenters. The maximum absolute atomic E-state index is 12.7. The highest BCUT2D eigenvalue weighted by atomic mass is 32.1. The Morgan fingerprint density at radius 3 is 2.61 bits per heavy atom. The van der Waals surface area contributed by atoms with Crippen molar-refractivity contribution < 1.29 is 19.1 Å². The van der Waals surface area contributed by atoms with Crippen LogP contribution >= 0.6 is 11.3 Å². The Balaban J connectivity index is 1.63. The SMILES string of the molecule is CC(=O)Nc1sc2c(c1C(=O)OCC(=O)NC1CCCC(C)C1C)CCCC2. The smallest absolute Gasteiger partial charge is 0.341 e. The molecule has 1 heterocycles. The van der Waals surface area contributed by atoms with E-state index in [0.717, 1.165) is 49.0 Å². The van der Waals surface area contributed by atoms with Gasteiger partial charge in [0.15, 0.2) is 6.61 Å². The van der Waals surface area contributed by atoms with E-state index in [1.165, 1.54) is 24.7 Å². The summed E-state index contributed by atoms with van der Waals surface area (Å²) < 4.78 is 5.34. The average molecular weight is 407 g/mol. The van der Waals surface area contributed by atoms with E-state index >= 15 is 0 Å². The molecular formula is C21H30N2O4S. The normalized spacial score (nSPS) is 24.2. The van der Waals surface area contributed by atoms with Gasteiger partial charge in [0.1, 0.15) is 5.00 Å². The predicted octanol–water partition coefficient (Wildman–Crippen LogP) is 3.68. The molecule has 28 heavy (non-hydrogen) atoms. The number of anilines is 1. The van der Waals surface area contributed by atoms with Crippen LogP contribution in [0.25, 0.3) is 0 Å². The Morgan fingerprint density at radius 1 is 1.11 bits per heavy atom. The maximum Gasteiger partial charge on any atom is 0.341 e. The summed E-state index contributed by atoms with van der Waals surface area (Å²) in [6.07, 6.45) is 7.09. The molecule has 7 heteroatoms. The van der Waals surface area contributed by atoms with Gasteiger partial charge in [-0.05, 0) is 49.5 Å². The number of carbonyl (C=O) groups excluding carboxylic acids is 3. The first-order valence-corrected chi connectivity index (χ1v) is 11.1. The molecular weight excluding hydrogens is 376 g/mol. The highest BCUT2D eigenvalue weighted by Gasteiger charge is 2.30. The van der Waals surface area contributed by atoms with Gasteiger partial charge in [-0.2, -0.15) is 0 Å². The zero-order chi connectivity index (χ0) is 20.3. The number of thiophene rings is 1. The lowest BCUT2D eigenvalue weighted by Crippen LogP contribution is -2.45. The van der Waals surface area contributed by atoms with E-state index in [1.807, 2.05) is 0 Å². The molecule has 3 unspecified atom stereocenters. The van der Waals surface area contributed by atoms with Crippen molar-refractivity contribution in [3.05, 3.63) is 16.0 Å². The Kier molecular flexibility index (Phi) is 6.75. The number of carbonyl (C=O) groups is 3. The van der Waals surface area contributed by atoms with Crippen LogP contribution in [0.1, 0.15) is 73.7 Å². The molecule has 1 fully saturated rings. The van der Waals surface area contributed by atoms with Crippen LogP contribution in [-0.4, -0.2) is 30.4 Å². The maximum atomic E-state index is 12.7. The number of hydrogen-bond donors (Lipinski definition) is 2. The molecule has 2 amide bonds. The van der Waals surface area contributed by atoms with Crippen LogP contribution in [-0.2, 0) is 27.2 Å². The first-order valence-electron chi connectivity index (χ1n) is 10.3. The molecule has 0 bridgehead atoms. The molecule has 0 saturated heterocycles. The van der Waals surface area contributed by atoms with Crippen molar-refractivity contribution >= 4 is 34.1 Å². The zero-order valence-electron chi connectivity index (χ0n) is 16.9.